The molecule has 3 amide bonds. The van der Waals surface area contributed by atoms with Crippen molar-refractivity contribution in [3.8, 4) is 0 Å². The molecule has 1 N–H and O–H groups in total. The predicted molar refractivity (Wildman–Crippen MR) is 87.3 cm³/mol. The number of hydrogen-bond acceptors (Lipinski definition) is 4. The number of amides is 3. The highest BCUT2D eigenvalue weighted by Crippen LogP contribution is 2.33. The Hall–Kier alpha value is -2.37. The van der Waals surface area contributed by atoms with Crippen LogP contribution >= 0.6 is 0 Å². The van der Waals surface area contributed by atoms with Crippen LogP contribution in [0.5, 0.6) is 0 Å². The monoisotopic (exact) mass is 330 g/mol. The number of methoxy groups -OCH3 is 1. The van der Waals surface area contributed by atoms with Crippen LogP contribution in [0.4, 0.5) is 4.79 Å². The van der Waals surface area contributed by atoms with E-state index in [0.29, 0.717) is 5.56 Å². The van der Waals surface area contributed by atoms with Crippen LogP contribution < -0.4 is 5.32 Å². The maximum absolute atomic E-state index is 12.8. The van der Waals surface area contributed by atoms with Crippen LogP contribution in [0.25, 0.3) is 0 Å². The topological polar surface area (TPSA) is 75.7 Å². The zero-order chi connectivity index (χ0) is 17.2. The average molecular weight is 330 g/mol. The second-order valence-electron chi connectivity index (χ2n) is 6.51. The van der Waals surface area contributed by atoms with Crippen LogP contribution in [-0.4, -0.2) is 35.5 Å². The fourth-order valence-corrected chi connectivity index (χ4v) is 3.54. The molecule has 0 unspecified atom stereocenters. The number of rotatable bonds is 3. The van der Waals surface area contributed by atoms with Gasteiger partial charge in [-0.2, -0.15) is 0 Å². The fraction of sp³-hybridized carbons (Fsp3) is 0.500. The fourth-order valence-electron chi connectivity index (χ4n) is 3.54. The van der Waals surface area contributed by atoms with Crippen molar-refractivity contribution in [1.29, 1.82) is 0 Å². The zero-order valence-electron chi connectivity index (χ0n) is 13.8. The SMILES string of the molecule is COC(=O)c1ccc(CN2C(=O)NC3(CCCCCC3)C2=O)cc1. The number of nitrogens with zero attached hydrogens (tertiary/aromatic N) is 1. The van der Waals surface area contributed by atoms with Gasteiger partial charge in [0.15, 0.2) is 0 Å². The summed E-state index contributed by atoms with van der Waals surface area (Å²) < 4.78 is 4.66. The van der Waals surface area contributed by atoms with Crippen LogP contribution in [0.15, 0.2) is 24.3 Å². The van der Waals surface area contributed by atoms with Gasteiger partial charge in [-0.1, -0.05) is 37.8 Å². The first-order chi connectivity index (χ1) is 11.6. The third-order valence-electron chi connectivity index (χ3n) is 4.92. The lowest BCUT2D eigenvalue weighted by Gasteiger charge is -2.24. The first-order valence-electron chi connectivity index (χ1n) is 8.37. The van der Waals surface area contributed by atoms with E-state index in [9.17, 15) is 14.4 Å². The number of hydrogen-bond donors (Lipinski definition) is 1. The van der Waals surface area contributed by atoms with Gasteiger partial charge in [0.25, 0.3) is 5.91 Å². The Kier molecular flexibility index (Phi) is 4.55. The third-order valence-corrected chi connectivity index (χ3v) is 4.92. The van der Waals surface area contributed by atoms with Gasteiger partial charge in [0, 0.05) is 0 Å². The number of nitrogens with one attached hydrogen (secondary N) is 1. The van der Waals surface area contributed by atoms with Crippen molar-refractivity contribution in [3.05, 3.63) is 35.4 Å². The smallest absolute Gasteiger partial charge is 0.337 e. The van der Waals surface area contributed by atoms with Crippen LogP contribution in [0.1, 0.15) is 54.4 Å². The minimum atomic E-state index is -0.709. The molecule has 1 heterocycles. The molecule has 6 heteroatoms. The van der Waals surface area contributed by atoms with Gasteiger partial charge in [0.1, 0.15) is 5.54 Å². The quantitative estimate of drug-likeness (QED) is 0.683. The van der Waals surface area contributed by atoms with Crippen molar-refractivity contribution in [1.82, 2.24) is 10.2 Å². The van der Waals surface area contributed by atoms with E-state index < -0.39 is 11.5 Å². The molecule has 0 aromatic heterocycles. The minimum absolute atomic E-state index is 0.119. The number of imide groups is 1. The maximum Gasteiger partial charge on any atom is 0.337 e. The van der Waals surface area contributed by atoms with Gasteiger partial charge in [0.2, 0.25) is 0 Å². The summed E-state index contributed by atoms with van der Waals surface area (Å²) in [6.45, 7) is 0.216. The van der Waals surface area contributed by atoms with Crippen molar-refractivity contribution in [3.63, 3.8) is 0 Å². The number of urea groups is 1. The molecule has 24 heavy (non-hydrogen) atoms. The lowest BCUT2D eigenvalue weighted by atomic mass is 9.90. The van der Waals surface area contributed by atoms with Gasteiger partial charge < -0.3 is 10.1 Å². The molecule has 0 radical (unpaired) electrons. The van der Waals surface area contributed by atoms with Crippen LogP contribution in [0.3, 0.4) is 0 Å². The van der Waals surface area contributed by atoms with Crippen LogP contribution in [0, 0.1) is 0 Å². The molecule has 2 aliphatic rings. The van der Waals surface area contributed by atoms with Crippen LogP contribution in [0.2, 0.25) is 0 Å². The molecule has 1 saturated carbocycles. The first-order valence-corrected chi connectivity index (χ1v) is 8.37. The summed E-state index contributed by atoms with van der Waals surface area (Å²) in [5.41, 5.74) is 0.537. The van der Waals surface area contributed by atoms with E-state index in [2.05, 4.69) is 10.1 Å². The van der Waals surface area contributed by atoms with Crippen molar-refractivity contribution in [2.75, 3.05) is 7.11 Å². The highest BCUT2D eigenvalue weighted by molar-refractivity contribution is 6.07. The standard InChI is InChI=1S/C18H22N2O4/c1-24-15(21)14-8-6-13(7-9-14)12-20-16(22)18(19-17(20)23)10-4-2-3-5-11-18/h6-9H,2-5,10-12H2,1H3,(H,19,23). The Balaban J connectivity index is 1.74. The minimum Gasteiger partial charge on any atom is -0.465 e. The number of carbonyl (C=O) groups excluding carboxylic acids is 3. The lowest BCUT2D eigenvalue weighted by molar-refractivity contribution is -0.132. The number of ether oxygens (including phenoxy) is 1. The molecule has 0 atom stereocenters. The maximum atomic E-state index is 12.8. The largest absolute Gasteiger partial charge is 0.465 e. The van der Waals surface area contributed by atoms with E-state index in [0.717, 1.165) is 44.1 Å². The summed E-state index contributed by atoms with van der Waals surface area (Å²) in [7, 11) is 1.33. The Labute approximate surface area is 141 Å². The van der Waals surface area contributed by atoms with Crippen molar-refractivity contribution in [2.45, 2.75) is 50.6 Å². The predicted octanol–water partition coefficient (Wildman–Crippen LogP) is 2.62. The van der Waals surface area contributed by atoms with E-state index in [1.807, 2.05) is 0 Å². The van der Waals surface area contributed by atoms with E-state index >= 15 is 0 Å². The molecule has 6 nitrogen and oxygen atoms in total. The molecule has 1 aliphatic heterocycles. The molecule has 0 bridgehead atoms. The summed E-state index contributed by atoms with van der Waals surface area (Å²) in [5.74, 6) is -0.527. The van der Waals surface area contributed by atoms with E-state index in [4.69, 9.17) is 0 Å². The van der Waals surface area contributed by atoms with Gasteiger partial charge in [-0.15, -0.1) is 0 Å². The van der Waals surface area contributed by atoms with Gasteiger partial charge in [-0.3, -0.25) is 9.69 Å². The molecule has 1 aromatic rings. The second kappa shape index (κ2) is 6.63. The average Bonchev–Trinajstić information content (AvgIpc) is 2.77. The van der Waals surface area contributed by atoms with E-state index in [1.165, 1.54) is 12.0 Å². The summed E-state index contributed by atoms with van der Waals surface area (Å²) in [6, 6.07) is 6.44. The van der Waals surface area contributed by atoms with Crippen molar-refractivity contribution in [2.24, 2.45) is 0 Å². The molecule has 1 aliphatic carbocycles. The Bertz CT molecular complexity index is 645. The van der Waals surface area contributed by atoms with E-state index in [-0.39, 0.29) is 18.5 Å². The Morgan fingerprint density at radius 2 is 1.75 bits per heavy atom. The number of carbonyl (C=O) groups is 3. The summed E-state index contributed by atoms with van der Waals surface area (Å²) in [5, 5.41) is 2.93. The van der Waals surface area contributed by atoms with Gasteiger partial charge >= 0.3 is 12.0 Å². The van der Waals surface area contributed by atoms with Crippen molar-refractivity contribution >= 4 is 17.9 Å². The third kappa shape index (κ3) is 3.00. The Morgan fingerprint density at radius 1 is 1.12 bits per heavy atom. The molecule has 1 aromatic carbocycles. The summed E-state index contributed by atoms with van der Waals surface area (Å²) >= 11 is 0. The summed E-state index contributed by atoms with van der Waals surface area (Å²) in [4.78, 5) is 37.9. The molecular weight excluding hydrogens is 308 g/mol. The molecular formula is C18H22N2O4. The first kappa shape index (κ1) is 16.5. The van der Waals surface area contributed by atoms with E-state index in [1.54, 1.807) is 24.3 Å². The zero-order valence-corrected chi connectivity index (χ0v) is 13.8. The van der Waals surface area contributed by atoms with Crippen molar-refractivity contribution < 1.29 is 19.1 Å². The highest BCUT2D eigenvalue weighted by Gasteiger charge is 2.50. The molecule has 2 fully saturated rings. The normalized spacial score (nSPS) is 20.0. The van der Waals surface area contributed by atoms with Gasteiger partial charge in [0.05, 0.1) is 19.2 Å². The molecule has 128 valence electrons. The lowest BCUT2D eigenvalue weighted by Crippen LogP contribution is -2.46. The Morgan fingerprint density at radius 3 is 2.33 bits per heavy atom. The van der Waals surface area contributed by atoms with Gasteiger partial charge in [-0.05, 0) is 30.5 Å². The number of esters is 1. The molecule has 1 spiro atoms. The highest BCUT2D eigenvalue weighted by atomic mass is 16.5. The second-order valence-corrected chi connectivity index (χ2v) is 6.51. The summed E-state index contributed by atoms with van der Waals surface area (Å²) in [6.07, 6.45) is 5.59. The number of benzene rings is 1. The molecule has 3 rings (SSSR count). The molecule has 1 saturated heterocycles. The van der Waals surface area contributed by atoms with Crippen LogP contribution in [-0.2, 0) is 16.1 Å². The van der Waals surface area contributed by atoms with Gasteiger partial charge in [-0.25, -0.2) is 9.59 Å².